The van der Waals surface area contributed by atoms with E-state index in [9.17, 15) is 0 Å². The minimum absolute atomic E-state index is 0.713. The zero-order valence-electron chi connectivity index (χ0n) is 27.5. The Hall–Kier alpha value is -3.44. The van der Waals surface area contributed by atoms with Crippen LogP contribution in [0.3, 0.4) is 0 Å². The summed E-state index contributed by atoms with van der Waals surface area (Å²) in [6, 6.07) is 48.5. The smallest absolute Gasteiger partial charge is 0.128 e. The number of rotatable bonds is 18. The SMILES string of the molecule is CCCCCCOc1cc(P(c2ccccc2)c2ccccc2)c(OCCCCCC)cc1P(c1ccccc1)c1ccccc1. The largest absolute Gasteiger partial charge is 0.493 e. The Balaban J connectivity index is 1.69. The predicted molar refractivity (Wildman–Crippen MR) is 203 cm³/mol. The molecule has 2 nitrogen and oxygen atoms in total. The summed E-state index contributed by atoms with van der Waals surface area (Å²) in [4.78, 5) is 0. The van der Waals surface area contributed by atoms with Crippen LogP contribution in [0.25, 0.3) is 0 Å². The molecule has 0 bridgehead atoms. The fourth-order valence-corrected chi connectivity index (χ4v) is 10.5. The van der Waals surface area contributed by atoms with Gasteiger partial charge in [-0.15, -0.1) is 0 Å². The lowest BCUT2D eigenvalue weighted by Crippen LogP contribution is -2.27. The Morgan fingerprint density at radius 2 is 0.696 bits per heavy atom. The standard InChI is InChI=1S/C42H48O2P2/c1-3-5-7-21-31-43-39-33-42(46(37-27-17-11-18-28-37)38-29-19-12-20-30-38)40(44-32-22-8-6-4-2)34-41(39)45(35-23-13-9-14-24-35)36-25-15-10-16-26-36/h9-20,23-30,33-34H,3-8,21-22,31-32H2,1-2H3. The van der Waals surface area contributed by atoms with E-state index in [4.69, 9.17) is 9.47 Å². The van der Waals surface area contributed by atoms with Crippen LogP contribution in [-0.2, 0) is 0 Å². The molecule has 5 rings (SSSR count). The number of benzene rings is 5. The Kier molecular flexibility index (Phi) is 13.7. The van der Waals surface area contributed by atoms with E-state index < -0.39 is 15.8 Å². The molecule has 0 aliphatic heterocycles. The van der Waals surface area contributed by atoms with Crippen molar-refractivity contribution >= 4 is 47.7 Å². The van der Waals surface area contributed by atoms with E-state index in [1.165, 1.54) is 70.4 Å². The molecule has 0 saturated heterocycles. The maximum absolute atomic E-state index is 6.85. The van der Waals surface area contributed by atoms with Gasteiger partial charge >= 0.3 is 0 Å². The van der Waals surface area contributed by atoms with Gasteiger partial charge in [0.05, 0.1) is 13.2 Å². The van der Waals surface area contributed by atoms with Gasteiger partial charge in [-0.05, 0) is 62.0 Å². The molecule has 0 fully saturated rings. The summed E-state index contributed by atoms with van der Waals surface area (Å²) in [6.45, 7) is 5.94. The van der Waals surface area contributed by atoms with Gasteiger partial charge in [-0.3, -0.25) is 0 Å². The summed E-state index contributed by atoms with van der Waals surface area (Å²) in [7, 11) is -1.75. The molecule has 46 heavy (non-hydrogen) atoms. The number of unbranched alkanes of at least 4 members (excludes halogenated alkanes) is 6. The average Bonchev–Trinajstić information content (AvgIpc) is 3.11. The summed E-state index contributed by atoms with van der Waals surface area (Å²) in [5, 5.41) is 7.71. The monoisotopic (exact) mass is 646 g/mol. The van der Waals surface area contributed by atoms with Crippen LogP contribution in [0.15, 0.2) is 133 Å². The lowest BCUT2D eigenvalue weighted by molar-refractivity contribution is 0.301. The molecule has 0 aromatic heterocycles. The van der Waals surface area contributed by atoms with E-state index in [0.717, 1.165) is 24.3 Å². The van der Waals surface area contributed by atoms with E-state index in [1.54, 1.807) is 0 Å². The summed E-state index contributed by atoms with van der Waals surface area (Å²) in [5.74, 6) is 1.98. The van der Waals surface area contributed by atoms with Gasteiger partial charge in [0.1, 0.15) is 11.5 Å². The van der Waals surface area contributed by atoms with Crippen molar-refractivity contribution in [2.45, 2.75) is 65.2 Å². The lowest BCUT2D eigenvalue weighted by atomic mass is 10.2. The summed E-state index contributed by atoms with van der Waals surface area (Å²) >= 11 is 0. The molecule has 0 N–H and O–H groups in total. The fourth-order valence-electron chi connectivity index (χ4n) is 5.70. The Morgan fingerprint density at radius 3 is 0.978 bits per heavy atom. The zero-order chi connectivity index (χ0) is 31.8. The van der Waals surface area contributed by atoms with Gasteiger partial charge in [-0.25, -0.2) is 0 Å². The van der Waals surface area contributed by atoms with Crippen LogP contribution in [0, 0.1) is 0 Å². The molecule has 0 amide bonds. The molecule has 5 aromatic rings. The number of hydrogen-bond donors (Lipinski definition) is 0. The summed E-state index contributed by atoms with van der Waals surface area (Å²) in [5.41, 5.74) is 0. The van der Waals surface area contributed by atoms with E-state index in [0.29, 0.717) is 13.2 Å². The fraction of sp³-hybridized carbons (Fsp3) is 0.286. The molecule has 0 saturated carbocycles. The van der Waals surface area contributed by atoms with Crippen molar-refractivity contribution in [3.05, 3.63) is 133 Å². The third kappa shape index (κ3) is 9.31. The van der Waals surface area contributed by atoms with Crippen LogP contribution >= 0.6 is 15.8 Å². The average molecular weight is 647 g/mol. The van der Waals surface area contributed by atoms with Gasteiger partial charge in [0.15, 0.2) is 0 Å². The predicted octanol–water partition coefficient (Wildman–Crippen LogP) is 9.12. The molecular formula is C42H48O2P2. The second-order valence-electron chi connectivity index (χ2n) is 11.6. The van der Waals surface area contributed by atoms with Crippen LogP contribution in [-0.4, -0.2) is 13.2 Å². The molecule has 238 valence electrons. The second-order valence-corrected chi connectivity index (χ2v) is 16.0. The molecule has 0 unspecified atom stereocenters. The van der Waals surface area contributed by atoms with E-state index in [-0.39, 0.29) is 0 Å². The third-order valence-electron chi connectivity index (χ3n) is 8.09. The van der Waals surface area contributed by atoms with Gasteiger partial charge in [-0.2, -0.15) is 0 Å². The molecule has 0 aliphatic carbocycles. The minimum Gasteiger partial charge on any atom is -0.493 e. The first-order valence-corrected chi connectivity index (χ1v) is 19.7. The van der Waals surface area contributed by atoms with Gasteiger partial charge in [0.25, 0.3) is 0 Å². The highest BCUT2D eigenvalue weighted by Crippen LogP contribution is 2.42. The first-order valence-electron chi connectivity index (χ1n) is 17.0. The highest BCUT2D eigenvalue weighted by Gasteiger charge is 2.27. The van der Waals surface area contributed by atoms with Crippen molar-refractivity contribution in [2.75, 3.05) is 13.2 Å². The zero-order valence-corrected chi connectivity index (χ0v) is 29.3. The van der Waals surface area contributed by atoms with E-state index in [1.807, 2.05) is 0 Å². The first kappa shape index (κ1) is 33.9. The van der Waals surface area contributed by atoms with Crippen molar-refractivity contribution in [3.8, 4) is 11.5 Å². The van der Waals surface area contributed by atoms with E-state index in [2.05, 4.69) is 147 Å². The second kappa shape index (κ2) is 18.6. The van der Waals surface area contributed by atoms with Crippen LogP contribution in [0.5, 0.6) is 11.5 Å². The Morgan fingerprint density at radius 1 is 0.391 bits per heavy atom. The highest BCUT2D eigenvalue weighted by atomic mass is 31.1. The number of ether oxygens (including phenoxy) is 2. The molecule has 0 radical (unpaired) electrons. The maximum atomic E-state index is 6.85. The van der Waals surface area contributed by atoms with Crippen LogP contribution in [0.1, 0.15) is 65.2 Å². The molecule has 0 aliphatic rings. The van der Waals surface area contributed by atoms with Crippen molar-refractivity contribution in [1.29, 1.82) is 0 Å². The maximum Gasteiger partial charge on any atom is 0.128 e. The molecule has 5 aromatic carbocycles. The number of hydrogen-bond acceptors (Lipinski definition) is 2. The van der Waals surface area contributed by atoms with Crippen LogP contribution in [0.4, 0.5) is 0 Å². The molecule has 0 heterocycles. The van der Waals surface area contributed by atoms with Gasteiger partial charge < -0.3 is 9.47 Å². The lowest BCUT2D eigenvalue weighted by Gasteiger charge is -2.27. The van der Waals surface area contributed by atoms with Crippen molar-refractivity contribution in [2.24, 2.45) is 0 Å². The normalized spacial score (nSPS) is 11.2. The first-order chi connectivity index (χ1) is 22.8. The van der Waals surface area contributed by atoms with E-state index >= 15 is 0 Å². The molecule has 0 spiro atoms. The summed E-state index contributed by atoms with van der Waals surface area (Å²) in [6.07, 6.45) is 9.38. The van der Waals surface area contributed by atoms with Gasteiger partial charge in [-0.1, -0.05) is 174 Å². The van der Waals surface area contributed by atoms with Gasteiger partial charge in [0.2, 0.25) is 0 Å². The third-order valence-corrected chi connectivity index (χ3v) is 13.0. The molecule has 0 atom stereocenters. The topological polar surface area (TPSA) is 18.5 Å². The molecular weight excluding hydrogens is 598 g/mol. The van der Waals surface area contributed by atoms with Gasteiger partial charge in [0, 0.05) is 10.6 Å². The van der Waals surface area contributed by atoms with Crippen LogP contribution < -0.4 is 41.3 Å². The summed E-state index contributed by atoms with van der Waals surface area (Å²) < 4.78 is 13.7. The quantitative estimate of drug-likeness (QED) is 0.0699. The van der Waals surface area contributed by atoms with Crippen molar-refractivity contribution < 1.29 is 9.47 Å². The molecule has 4 heteroatoms. The minimum atomic E-state index is -0.873. The highest BCUT2D eigenvalue weighted by molar-refractivity contribution is 7.80. The van der Waals surface area contributed by atoms with Crippen molar-refractivity contribution in [3.63, 3.8) is 0 Å². The Labute approximate surface area is 279 Å². The Bertz CT molecular complexity index is 1360. The van der Waals surface area contributed by atoms with Crippen LogP contribution in [0.2, 0.25) is 0 Å². The van der Waals surface area contributed by atoms with Crippen molar-refractivity contribution in [1.82, 2.24) is 0 Å².